The fourth-order valence-corrected chi connectivity index (χ4v) is 1.62. The maximum Gasteiger partial charge on any atom is 0.0175 e. The molecular weight excluding hydrogens is 248 g/mol. The monoisotopic (exact) mass is 258 g/mol. The molecule has 1 aliphatic rings. The van der Waals surface area contributed by atoms with Gasteiger partial charge in [-0.05, 0) is 23.3 Å². The SMILES string of the molecule is Brc1ccccc1.C1=Cc2ccccc21. The molecule has 0 nitrogen and oxygen atoms in total. The molecule has 0 radical (unpaired) electrons. The van der Waals surface area contributed by atoms with Gasteiger partial charge in [0.05, 0.1) is 0 Å². The van der Waals surface area contributed by atoms with Gasteiger partial charge >= 0.3 is 0 Å². The van der Waals surface area contributed by atoms with Crippen LogP contribution in [0.15, 0.2) is 59.1 Å². The normalized spacial score (nSPS) is 10.7. The van der Waals surface area contributed by atoms with E-state index in [1.165, 1.54) is 11.1 Å². The molecule has 0 fully saturated rings. The molecule has 0 atom stereocenters. The molecule has 2 aromatic rings. The minimum Gasteiger partial charge on any atom is -0.0622 e. The van der Waals surface area contributed by atoms with Crippen LogP contribution in [0.3, 0.4) is 0 Å². The second kappa shape index (κ2) is 4.94. The van der Waals surface area contributed by atoms with Gasteiger partial charge < -0.3 is 0 Å². The van der Waals surface area contributed by atoms with E-state index in [-0.39, 0.29) is 0 Å². The van der Waals surface area contributed by atoms with Crippen LogP contribution >= 0.6 is 15.9 Å². The van der Waals surface area contributed by atoms with E-state index >= 15 is 0 Å². The average Bonchev–Trinajstić information content (AvgIpc) is 2.22. The lowest BCUT2D eigenvalue weighted by Gasteiger charge is -2.06. The van der Waals surface area contributed by atoms with E-state index in [1.807, 2.05) is 30.3 Å². The number of fused-ring (bicyclic) bond motifs is 1. The molecule has 0 saturated heterocycles. The van der Waals surface area contributed by atoms with Crippen molar-refractivity contribution >= 4 is 28.1 Å². The van der Waals surface area contributed by atoms with E-state index in [9.17, 15) is 0 Å². The summed E-state index contributed by atoms with van der Waals surface area (Å²) < 4.78 is 1.13. The van der Waals surface area contributed by atoms with Crippen LogP contribution in [0.25, 0.3) is 12.2 Å². The van der Waals surface area contributed by atoms with Gasteiger partial charge in [0.25, 0.3) is 0 Å². The van der Waals surface area contributed by atoms with Crippen molar-refractivity contribution in [3.05, 3.63) is 70.2 Å². The summed E-state index contributed by atoms with van der Waals surface area (Å²) in [4.78, 5) is 0. The molecule has 3 rings (SSSR count). The Balaban J connectivity index is 0.000000115. The Morgan fingerprint density at radius 1 is 0.600 bits per heavy atom. The van der Waals surface area contributed by atoms with Crippen molar-refractivity contribution in [2.24, 2.45) is 0 Å². The highest BCUT2D eigenvalue weighted by molar-refractivity contribution is 9.10. The van der Waals surface area contributed by atoms with Gasteiger partial charge in [0.15, 0.2) is 0 Å². The van der Waals surface area contributed by atoms with Crippen LogP contribution in [0.1, 0.15) is 11.1 Å². The summed E-state index contributed by atoms with van der Waals surface area (Å²) in [6.45, 7) is 0. The van der Waals surface area contributed by atoms with Crippen molar-refractivity contribution in [2.45, 2.75) is 0 Å². The standard InChI is InChI=1S/C8H6.C6H5Br/c1-2-4-8-6-5-7(8)3-1;7-6-4-2-1-3-5-6/h1-6H;1-5H. The Morgan fingerprint density at radius 2 is 1.07 bits per heavy atom. The average molecular weight is 259 g/mol. The summed E-state index contributed by atoms with van der Waals surface area (Å²) in [6, 6.07) is 18.3. The zero-order valence-corrected chi connectivity index (χ0v) is 9.81. The lowest BCUT2D eigenvalue weighted by molar-refractivity contribution is 1.58. The molecule has 1 aliphatic carbocycles. The van der Waals surface area contributed by atoms with Gasteiger partial charge in [0.1, 0.15) is 0 Å². The Kier molecular flexibility index (Phi) is 3.36. The third-order valence-corrected chi connectivity index (χ3v) is 2.70. The van der Waals surface area contributed by atoms with Crippen molar-refractivity contribution < 1.29 is 0 Å². The van der Waals surface area contributed by atoms with E-state index < -0.39 is 0 Å². The Morgan fingerprint density at radius 3 is 1.33 bits per heavy atom. The molecule has 1 heteroatoms. The third-order valence-electron chi connectivity index (χ3n) is 2.17. The molecule has 2 aromatic carbocycles. The first kappa shape index (κ1) is 10.2. The zero-order chi connectivity index (χ0) is 10.5. The van der Waals surface area contributed by atoms with Crippen LogP contribution < -0.4 is 0 Å². The summed E-state index contributed by atoms with van der Waals surface area (Å²) in [5.41, 5.74) is 2.74. The second-order valence-corrected chi connectivity index (χ2v) is 4.17. The van der Waals surface area contributed by atoms with E-state index in [2.05, 4.69) is 52.3 Å². The third kappa shape index (κ3) is 2.80. The lowest BCUT2D eigenvalue weighted by atomic mass is 9.99. The van der Waals surface area contributed by atoms with Gasteiger partial charge in [0, 0.05) is 4.47 Å². The molecule has 0 bridgehead atoms. The quantitative estimate of drug-likeness (QED) is 0.552. The predicted octanol–water partition coefficient (Wildman–Crippen LogP) is 4.62. The minimum absolute atomic E-state index is 1.13. The van der Waals surface area contributed by atoms with E-state index in [0.29, 0.717) is 0 Å². The largest absolute Gasteiger partial charge is 0.0622 e. The molecular formula is C14H11Br. The first-order chi connectivity index (χ1) is 7.36. The van der Waals surface area contributed by atoms with Crippen LogP contribution in [-0.2, 0) is 0 Å². The maximum atomic E-state index is 3.31. The predicted molar refractivity (Wildman–Crippen MR) is 69.5 cm³/mol. The van der Waals surface area contributed by atoms with Gasteiger partial charge in [-0.15, -0.1) is 0 Å². The van der Waals surface area contributed by atoms with Crippen molar-refractivity contribution in [1.29, 1.82) is 0 Å². The molecule has 0 amide bonds. The van der Waals surface area contributed by atoms with Crippen molar-refractivity contribution in [3.8, 4) is 0 Å². The highest BCUT2D eigenvalue weighted by Crippen LogP contribution is 2.21. The van der Waals surface area contributed by atoms with E-state index in [0.717, 1.165) is 4.47 Å². The highest BCUT2D eigenvalue weighted by Gasteiger charge is 1.99. The van der Waals surface area contributed by atoms with Gasteiger partial charge in [-0.1, -0.05) is 70.5 Å². The number of rotatable bonds is 0. The maximum absolute atomic E-state index is 3.31. The van der Waals surface area contributed by atoms with Gasteiger partial charge in [-0.2, -0.15) is 0 Å². The fourth-order valence-electron chi connectivity index (χ4n) is 1.31. The second-order valence-electron chi connectivity index (χ2n) is 3.26. The molecule has 15 heavy (non-hydrogen) atoms. The van der Waals surface area contributed by atoms with Crippen LogP contribution in [0, 0.1) is 0 Å². The molecule has 0 aromatic heterocycles. The molecule has 0 heterocycles. The Labute approximate surface area is 98.4 Å². The van der Waals surface area contributed by atoms with E-state index in [4.69, 9.17) is 0 Å². The molecule has 0 saturated carbocycles. The van der Waals surface area contributed by atoms with Crippen LogP contribution in [0.5, 0.6) is 0 Å². The molecule has 0 aliphatic heterocycles. The van der Waals surface area contributed by atoms with Crippen molar-refractivity contribution in [1.82, 2.24) is 0 Å². The minimum atomic E-state index is 1.13. The van der Waals surface area contributed by atoms with Crippen molar-refractivity contribution in [3.63, 3.8) is 0 Å². The molecule has 0 spiro atoms. The summed E-state index contributed by atoms with van der Waals surface area (Å²) in [5, 5.41) is 0. The van der Waals surface area contributed by atoms with Gasteiger partial charge in [-0.3, -0.25) is 0 Å². The summed E-state index contributed by atoms with van der Waals surface area (Å²) in [6.07, 6.45) is 4.24. The smallest absolute Gasteiger partial charge is 0.0175 e. The Hall–Kier alpha value is -1.34. The van der Waals surface area contributed by atoms with Crippen molar-refractivity contribution in [2.75, 3.05) is 0 Å². The lowest BCUT2D eigenvalue weighted by Crippen LogP contribution is -1.85. The zero-order valence-electron chi connectivity index (χ0n) is 8.23. The highest BCUT2D eigenvalue weighted by atomic mass is 79.9. The first-order valence-electron chi connectivity index (χ1n) is 4.84. The fraction of sp³-hybridized carbons (Fsp3) is 0. The summed E-state index contributed by atoms with van der Waals surface area (Å²) >= 11 is 3.31. The number of benzene rings is 2. The number of halogens is 1. The topological polar surface area (TPSA) is 0 Å². The molecule has 74 valence electrons. The van der Waals surface area contributed by atoms with Crippen LogP contribution in [0.4, 0.5) is 0 Å². The van der Waals surface area contributed by atoms with Gasteiger partial charge in [0.2, 0.25) is 0 Å². The first-order valence-corrected chi connectivity index (χ1v) is 5.63. The summed E-state index contributed by atoms with van der Waals surface area (Å²) in [5.74, 6) is 0. The Bertz CT molecular complexity index is 433. The number of hydrogen-bond donors (Lipinski definition) is 0. The molecule has 0 unspecified atom stereocenters. The van der Waals surface area contributed by atoms with Crippen LogP contribution in [-0.4, -0.2) is 0 Å². The molecule has 0 N–H and O–H groups in total. The van der Waals surface area contributed by atoms with Crippen LogP contribution in [0.2, 0.25) is 0 Å². The number of hydrogen-bond acceptors (Lipinski definition) is 0. The van der Waals surface area contributed by atoms with E-state index in [1.54, 1.807) is 0 Å². The van der Waals surface area contributed by atoms with Gasteiger partial charge in [-0.25, -0.2) is 0 Å². The summed E-state index contributed by atoms with van der Waals surface area (Å²) in [7, 11) is 0.